The molecule has 1 aliphatic rings. The van der Waals surface area contributed by atoms with Crippen molar-refractivity contribution in [2.75, 3.05) is 18.8 Å². The first-order valence-corrected chi connectivity index (χ1v) is 7.34. The maximum atomic E-state index is 12.7. The number of fused-ring (bicyclic) bond motifs is 1. The topological polar surface area (TPSA) is 82.3 Å². The van der Waals surface area contributed by atoms with Gasteiger partial charge in [-0.25, -0.2) is 0 Å². The smallest absolute Gasteiger partial charge is 0.256 e. The fourth-order valence-electron chi connectivity index (χ4n) is 2.95. The predicted octanol–water partition coefficient (Wildman–Crippen LogP) is 2.13. The summed E-state index contributed by atoms with van der Waals surface area (Å²) in [6.07, 6.45) is 3.92. The highest BCUT2D eigenvalue weighted by Crippen LogP contribution is 2.25. The predicted molar refractivity (Wildman–Crippen MR) is 83.1 cm³/mol. The average molecular weight is 287 g/mol. The van der Waals surface area contributed by atoms with E-state index < -0.39 is 5.60 Å². The lowest BCUT2D eigenvalue weighted by Crippen LogP contribution is -2.33. The van der Waals surface area contributed by atoms with E-state index in [4.69, 9.17) is 5.73 Å². The third-order valence-corrected chi connectivity index (χ3v) is 4.29. The van der Waals surface area contributed by atoms with E-state index in [9.17, 15) is 9.90 Å². The number of rotatable bonds is 1. The standard InChI is InChI=1S/C16H21N3O2/c1-16(21)5-2-7-19(8-6-16)15(20)13-10-18-14-4-3-11(17)9-12(13)14/h3-4,9-10,18,21H,2,5-8,17H2,1H3. The highest BCUT2D eigenvalue weighted by atomic mass is 16.3. The molecule has 4 N–H and O–H groups in total. The van der Waals surface area contributed by atoms with Crippen molar-refractivity contribution in [3.8, 4) is 0 Å². The van der Waals surface area contributed by atoms with Crippen molar-refractivity contribution < 1.29 is 9.90 Å². The molecule has 1 aromatic carbocycles. The molecular formula is C16H21N3O2. The van der Waals surface area contributed by atoms with Gasteiger partial charge in [-0.15, -0.1) is 0 Å². The molecule has 0 saturated carbocycles. The van der Waals surface area contributed by atoms with Crippen LogP contribution >= 0.6 is 0 Å². The Bertz CT molecular complexity index is 675. The number of anilines is 1. The second-order valence-corrected chi connectivity index (χ2v) is 6.15. The molecule has 21 heavy (non-hydrogen) atoms. The number of H-pyrrole nitrogens is 1. The summed E-state index contributed by atoms with van der Waals surface area (Å²) in [5.41, 5.74) is 7.36. The van der Waals surface area contributed by atoms with Gasteiger partial charge in [-0.05, 0) is 44.4 Å². The van der Waals surface area contributed by atoms with Gasteiger partial charge in [0.25, 0.3) is 5.91 Å². The number of nitrogens with two attached hydrogens (primary N) is 1. The molecule has 0 radical (unpaired) electrons. The van der Waals surface area contributed by atoms with E-state index >= 15 is 0 Å². The number of benzene rings is 1. The summed E-state index contributed by atoms with van der Waals surface area (Å²) in [5, 5.41) is 11.0. The van der Waals surface area contributed by atoms with Gasteiger partial charge in [0.1, 0.15) is 0 Å². The Morgan fingerprint density at radius 2 is 2.19 bits per heavy atom. The van der Waals surface area contributed by atoms with Gasteiger partial charge in [-0.1, -0.05) is 0 Å². The quantitative estimate of drug-likeness (QED) is 0.703. The van der Waals surface area contributed by atoms with Gasteiger partial charge in [0.2, 0.25) is 0 Å². The van der Waals surface area contributed by atoms with Crippen LogP contribution in [-0.4, -0.2) is 39.6 Å². The summed E-state index contributed by atoms with van der Waals surface area (Å²) in [6, 6.07) is 5.53. The first kappa shape index (κ1) is 13.9. The molecule has 0 bridgehead atoms. The van der Waals surface area contributed by atoms with Crippen molar-refractivity contribution in [2.45, 2.75) is 31.8 Å². The van der Waals surface area contributed by atoms with E-state index in [-0.39, 0.29) is 5.91 Å². The van der Waals surface area contributed by atoms with Crippen molar-refractivity contribution in [3.05, 3.63) is 30.0 Å². The Morgan fingerprint density at radius 3 is 3.00 bits per heavy atom. The van der Waals surface area contributed by atoms with Crippen LogP contribution in [0.25, 0.3) is 10.9 Å². The molecule has 5 heteroatoms. The number of carbonyl (C=O) groups excluding carboxylic acids is 1. The van der Waals surface area contributed by atoms with Crippen LogP contribution in [0, 0.1) is 0 Å². The summed E-state index contributed by atoms with van der Waals surface area (Å²) in [4.78, 5) is 17.7. The maximum Gasteiger partial charge on any atom is 0.256 e. The highest BCUT2D eigenvalue weighted by molar-refractivity contribution is 6.07. The molecule has 0 spiro atoms. The summed E-state index contributed by atoms with van der Waals surface area (Å²) < 4.78 is 0. The average Bonchev–Trinajstić information content (AvgIpc) is 2.75. The largest absolute Gasteiger partial charge is 0.399 e. The summed E-state index contributed by atoms with van der Waals surface area (Å²) in [7, 11) is 0. The van der Waals surface area contributed by atoms with Gasteiger partial charge in [0.15, 0.2) is 0 Å². The lowest BCUT2D eigenvalue weighted by molar-refractivity contribution is 0.0438. The number of hydrogen-bond donors (Lipinski definition) is 3. The lowest BCUT2D eigenvalue weighted by atomic mass is 9.98. The molecule has 2 heterocycles. The van der Waals surface area contributed by atoms with E-state index in [1.807, 2.05) is 30.0 Å². The van der Waals surface area contributed by atoms with Gasteiger partial charge >= 0.3 is 0 Å². The molecule has 1 fully saturated rings. The minimum Gasteiger partial charge on any atom is -0.399 e. The van der Waals surface area contributed by atoms with E-state index in [2.05, 4.69) is 4.98 Å². The van der Waals surface area contributed by atoms with Crippen LogP contribution in [0.15, 0.2) is 24.4 Å². The van der Waals surface area contributed by atoms with Crippen molar-refractivity contribution in [1.82, 2.24) is 9.88 Å². The zero-order valence-corrected chi connectivity index (χ0v) is 12.2. The van der Waals surface area contributed by atoms with Crippen LogP contribution in [0.5, 0.6) is 0 Å². The van der Waals surface area contributed by atoms with Gasteiger partial charge in [0.05, 0.1) is 11.2 Å². The summed E-state index contributed by atoms with van der Waals surface area (Å²) in [5.74, 6) is 0.00421. The van der Waals surface area contributed by atoms with E-state index in [1.165, 1.54) is 0 Å². The third-order valence-electron chi connectivity index (χ3n) is 4.29. The number of carbonyl (C=O) groups is 1. The SMILES string of the molecule is CC1(O)CCCN(C(=O)c2c[nH]c3ccc(N)cc23)CC1. The van der Waals surface area contributed by atoms with Crippen molar-refractivity contribution in [2.24, 2.45) is 0 Å². The Hall–Kier alpha value is -2.01. The number of aliphatic hydroxyl groups is 1. The number of hydrogen-bond acceptors (Lipinski definition) is 3. The molecule has 2 aromatic rings. The van der Waals surface area contributed by atoms with Crippen LogP contribution in [0.4, 0.5) is 5.69 Å². The van der Waals surface area contributed by atoms with E-state index in [1.54, 1.807) is 6.20 Å². The number of aromatic nitrogens is 1. The van der Waals surface area contributed by atoms with Crippen molar-refractivity contribution >= 4 is 22.5 Å². The number of aromatic amines is 1. The Morgan fingerprint density at radius 1 is 1.38 bits per heavy atom. The molecule has 1 atom stereocenters. The molecule has 1 amide bonds. The van der Waals surface area contributed by atoms with Gasteiger partial charge in [-0.2, -0.15) is 0 Å². The normalized spacial score (nSPS) is 23.2. The Balaban J connectivity index is 1.88. The summed E-state index contributed by atoms with van der Waals surface area (Å²) >= 11 is 0. The second-order valence-electron chi connectivity index (χ2n) is 6.15. The van der Waals surface area contributed by atoms with E-state index in [0.29, 0.717) is 30.8 Å². The maximum absolute atomic E-state index is 12.7. The number of likely N-dealkylation sites (tertiary alicyclic amines) is 1. The van der Waals surface area contributed by atoms with Crippen LogP contribution in [0.3, 0.4) is 0 Å². The molecule has 3 rings (SSSR count). The monoisotopic (exact) mass is 287 g/mol. The van der Waals surface area contributed by atoms with Crippen LogP contribution < -0.4 is 5.73 Å². The first-order chi connectivity index (χ1) is 9.96. The van der Waals surface area contributed by atoms with Crippen LogP contribution in [0.2, 0.25) is 0 Å². The first-order valence-electron chi connectivity index (χ1n) is 7.34. The van der Waals surface area contributed by atoms with Crippen molar-refractivity contribution in [1.29, 1.82) is 0 Å². The van der Waals surface area contributed by atoms with Crippen LogP contribution in [0.1, 0.15) is 36.5 Å². The third kappa shape index (κ3) is 2.74. The van der Waals surface area contributed by atoms with Gasteiger partial charge in [-0.3, -0.25) is 4.79 Å². The number of amides is 1. The fourth-order valence-corrected chi connectivity index (χ4v) is 2.95. The second kappa shape index (κ2) is 5.07. The number of nitrogen functional groups attached to an aromatic ring is 1. The van der Waals surface area contributed by atoms with E-state index in [0.717, 1.165) is 23.7 Å². The van der Waals surface area contributed by atoms with Crippen molar-refractivity contribution in [3.63, 3.8) is 0 Å². The molecular weight excluding hydrogens is 266 g/mol. The minimum atomic E-state index is -0.667. The zero-order valence-electron chi connectivity index (χ0n) is 12.2. The molecule has 1 aromatic heterocycles. The van der Waals surface area contributed by atoms with Gasteiger partial charge < -0.3 is 20.7 Å². The highest BCUT2D eigenvalue weighted by Gasteiger charge is 2.28. The fraction of sp³-hybridized carbons (Fsp3) is 0.438. The minimum absolute atomic E-state index is 0.00421. The molecule has 1 saturated heterocycles. The lowest BCUT2D eigenvalue weighted by Gasteiger charge is -2.22. The number of nitrogens with one attached hydrogen (secondary N) is 1. The molecule has 5 nitrogen and oxygen atoms in total. The molecule has 1 unspecified atom stereocenters. The van der Waals surface area contributed by atoms with Gasteiger partial charge in [0, 0.05) is 35.9 Å². The Kier molecular flexibility index (Phi) is 3.37. The molecule has 1 aliphatic heterocycles. The summed E-state index contributed by atoms with van der Waals surface area (Å²) in [6.45, 7) is 3.11. The number of nitrogens with zero attached hydrogens (tertiary/aromatic N) is 1. The van der Waals surface area contributed by atoms with Crippen LogP contribution in [-0.2, 0) is 0 Å². The zero-order chi connectivity index (χ0) is 15.0. The molecule has 0 aliphatic carbocycles. The molecule has 112 valence electrons. The Labute approximate surface area is 123 Å².